The number of rotatable bonds is 7. The van der Waals surface area contributed by atoms with Gasteiger partial charge in [-0.2, -0.15) is 0 Å². The number of benzene rings is 1. The van der Waals surface area contributed by atoms with Gasteiger partial charge < -0.3 is 10.1 Å². The fourth-order valence-electron chi connectivity index (χ4n) is 1.73. The molecule has 1 aromatic rings. The van der Waals surface area contributed by atoms with Gasteiger partial charge in [-0.3, -0.25) is 0 Å². The summed E-state index contributed by atoms with van der Waals surface area (Å²) in [4.78, 5) is 0. The molecule has 0 bridgehead atoms. The van der Waals surface area contributed by atoms with Crippen LogP contribution in [0.2, 0.25) is 0 Å². The molecule has 1 rings (SSSR count). The first-order chi connectivity index (χ1) is 8.90. The van der Waals surface area contributed by atoms with Crippen LogP contribution in [0.1, 0.15) is 32.4 Å². The van der Waals surface area contributed by atoms with Crippen molar-refractivity contribution >= 4 is 9.84 Å². The SMILES string of the molecule is CCOc1ccc(C(CS(=O)(=O)C(C)C)NC)cc1. The lowest BCUT2D eigenvalue weighted by Crippen LogP contribution is -2.29. The Morgan fingerprint density at radius 3 is 2.21 bits per heavy atom. The Labute approximate surface area is 116 Å². The van der Waals surface area contributed by atoms with Crippen LogP contribution in [0.4, 0.5) is 0 Å². The number of nitrogens with one attached hydrogen (secondary N) is 1. The molecule has 0 radical (unpaired) electrons. The quantitative estimate of drug-likeness (QED) is 0.834. The van der Waals surface area contributed by atoms with Gasteiger partial charge in [0.05, 0.1) is 17.6 Å². The fourth-order valence-corrected chi connectivity index (χ4v) is 2.94. The number of hydrogen-bond donors (Lipinski definition) is 1. The topological polar surface area (TPSA) is 55.4 Å². The molecule has 0 spiro atoms. The summed E-state index contributed by atoms with van der Waals surface area (Å²) in [5, 5.41) is 2.71. The molecule has 1 aromatic carbocycles. The van der Waals surface area contributed by atoms with E-state index in [1.165, 1.54) is 0 Å². The number of sulfone groups is 1. The minimum atomic E-state index is -3.07. The third kappa shape index (κ3) is 4.51. The van der Waals surface area contributed by atoms with Crippen LogP contribution in [0, 0.1) is 0 Å². The number of ether oxygens (including phenoxy) is 1. The van der Waals surface area contributed by atoms with Crippen molar-refractivity contribution in [2.24, 2.45) is 0 Å². The van der Waals surface area contributed by atoms with Gasteiger partial charge in [-0.15, -0.1) is 0 Å². The lowest BCUT2D eigenvalue weighted by molar-refractivity contribution is 0.340. The van der Waals surface area contributed by atoms with E-state index in [-0.39, 0.29) is 17.0 Å². The third-order valence-corrected chi connectivity index (χ3v) is 5.29. The second kappa shape index (κ2) is 6.91. The van der Waals surface area contributed by atoms with Crippen molar-refractivity contribution < 1.29 is 13.2 Å². The van der Waals surface area contributed by atoms with Gasteiger partial charge in [-0.25, -0.2) is 8.42 Å². The predicted octanol–water partition coefficient (Wildman–Crippen LogP) is 2.17. The van der Waals surface area contributed by atoms with Gasteiger partial charge in [0.25, 0.3) is 0 Å². The van der Waals surface area contributed by atoms with Gasteiger partial charge >= 0.3 is 0 Å². The molecule has 19 heavy (non-hydrogen) atoms. The van der Waals surface area contributed by atoms with E-state index < -0.39 is 9.84 Å². The molecule has 5 heteroatoms. The average molecular weight is 285 g/mol. The molecule has 1 unspecified atom stereocenters. The summed E-state index contributed by atoms with van der Waals surface area (Å²) >= 11 is 0. The first kappa shape index (κ1) is 16.0. The monoisotopic (exact) mass is 285 g/mol. The van der Waals surface area contributed by atoms with Crippen LogP contribution in [-0.4, -0.2) is 33.1 Å². The fraction of sp³-hybridized carbons (Fsp3) is 0.571. The summed E-state index contributed by atoms with van der Waals surface area (Å²) in [5.74, 6) is 0.905. The second-order valence-electron chi connectivity index (χ2n) is 4.72. The van der Waals surface area contributed by atoms with Gasteiger partial charge in [0.15, 0.2) is 9.84 Å². The van der Waals surface area contributed by atoms with E-state index in [1.54, 1.807) is 20.9 Å². The smallest absolute Gasteiger partial charge is 0.154 e. The van der Waals surface area contributed by atoms with Crippen LogP contribution in [-0.2, 0) is 9.84 Å². The Hall–Kier alpha value is -1.07. The van der Waals surface area contributed by atoms with Crippen LogP contribution in [0.15, 0.2) is 24.3 Å². The van der Waals surface area contributed by atoms with Crippen molar-refractivity contribution in [3.05, 3.63) is 29.8 Å². The van der Waals surface area contributed by atoms with Crippen LogP contribution < -0.4 is 10.1 Å². The highest BCUT2D eigenvalue weighted by Gasteiger charge is 2.22. The third-order valence-electron chi connectivity index (χ3n) is 3.06. The van der Waals surface area contributed by atoms with Crippen molar-refractivity contribution in [3.8, 4) is 5.75 Å². The van der Waals surface area contributed by atoms with E-state index in [0.29, 0.717) is 6.61 Å². The average Bonchev–Trinajstić information content (AvgIpc) is 2.37. The van der Waals surface area contributed by atoms with E-state index in [2.05, 4.69) is 5.32 Å². The summed E-state index contributed by atoms with van der Waals surface area (Å²) in [6, 6.07) is 7.35. The Bertz CT molecular complexity index is 480. The van der Waals surface area contributed by atoms with E-state index in [0.717, 1.165) is 11.3 Å². The highest BCUT2D eigenvalue weighted by molar-refractivity contribution is 7.92. The molecule has 0 saturated carbocycles. The molecule has 0 aliphatic carbocycles. The molecule has 0 heterocycles. The summed E-state index contributed by atoms with van der Waals surface area (Å²) in [7, 11) is -1.30. The summed E-state index contributed by atoms with van der Waals surface area (Å²) in [6.07, 6.45) is 0. The van der Waals surface area contributed by atoms with Crippen molar-refractivity contribution in [2.75, 3.05) is 19.4 Å². The zero-order valence-corrected chi connectivity index (χ0v) is 12.8. The predicted molar refractivity (Wildman–Crippen MR) is 78.3 cm³/mol. The zero-order chi connectivity index (χ0) is 14.5. The molecule has 108 valence electrons. The first-order valence-corrected chi connectivity index (χ1v) is 8.23. The van der Waals surface area contributed by atoms with Crippen molar-refractivity contribution in [1.82, 2.24) is 5.32 Å². The normalized spacial score (nSPS) is 13.5. The standard InChI is InChI=1S/C14H23NO3S/c1-5-18-13-8-6-12(7-9-13)14(15-4)10-19(16,17)11(2)3/h6-9,11,14-15H,5,10H2,1-4H3. The molecule has 0 amide bonds. The van der Waals surface area contributed by atoms with Gasteiger partial charge in [-0.1, -0.05) is 12.1 Å². The molecule has 0 aliphatic rings. The van der Waals surface area contributed by atoms with Crippen LogP contribution >= 0.6 is 0 Å². The highest BCUT2D eigenvalue weighted by Crippen LogP contribution is 2.20. The van der Waals surface area contributed by atoms with Crippen LogP contribution in [0.3, 0.4) is 0 Å². The highest BCUT2D eigenvalue weighted by atomic mass is 32.2. The van der Waals surface area contributed by atoms with Gasteiger partial charge in [0, 0.05) is 6.04 Å². The minimum Gasteiger partial charge on any atom is -0.494 e. The lowest BCUT2D eigenvalue weighted by atomic mass is 10.1. The van der Waals surface area contributed by atoms with E-state index >= 15 is 0 Å². The molecule has 0 aliphatic heterocycles. The maximum Gasteiger partial charge on any atom is 0.154 e. The van der Waals surface area contributed by atoms with Gasteiger partial charge in [0.1, 0.15) is 5.75 Å². The molecule has 1 atom stereocenters. The Kier molecular flexibility index (Phi) is 5.82. The first-order valence-electron chi connectivity index (χ1n) is 6.52. The molecular formula is C14H23NO3S. The van der Waals surface area contributed by atoms with Crippen LogP contribution in [0.5, 0.6) is 5.75 Å². The second-order valence-corrected chi connectivity index (χ2v) is 7.32. The van der Waals surface area contributed by atoms with E-state index in [4.69, 9.17) is 4.74 Å². The van der Waals surface area contributed by atoms with E-state index in [1.807, 2.05) is 31.2 Å². The lowest BCUT2D eigenvalue weighted by Gasteiger charge is -2.18. The molecule has 1 N–H and O–H groups in total. The van der Waals surface area contributed by atoms with Crippen molar-refractivity contribution in [2.45, 2.75) is 32.1 Å². The van der Waals surface area contributed by atoms with Gasteiger partial charge in [-0.05, 0) is 45.5 Å². The molecule has 4 nitrogen and oxygen atoms in total. The molecular weight excluding hydrogens is 262 g/mol. The summed E-state index contributed by atoms with van der Waals surface area (Å²) in [5.41, 5.74) is 0.954. The molecule has 0 aromatic heterocycles. The Morgan fingerprint density at radius 2 is 1.79 bits per heavy atom. The van der Waals surface area contributed by atoms with Crippen LogP contribution in [0.25, 0.3) is 0 Å². The van der Waals surface area contributed by atoms with Crippen molar-refractivity contribution in [1.29, 1.82) is 0 Å². The Balaban J connectivity index is 2.86. The maximum atomic E-state index is 12.0. The van der Waals surface area contributed by atoms with Gasteiger partial charge in [0.2, 0.25) is 0 Å². The summed E-state index contributed by atoms with van der Waals surface area (Å²) < 4.78 is 29.3. The molecule has 0 saturated heterocycles. The largest absolute Gasteiger partial charge is 0.494 e. The molecule has 0 fully saturated rings. The summed E-state index contributed by atoms with van der Waals surface area (Å²) in [6.45, 7) is 5.97. The van der Waals surface area contributed by atoms with E-state index in [9.17, 15) is 8.42 Å². The van der Waals surface area contributed by atoms with Crippen molar-refractivity contribution in [3.63, 3.8) is 0 Å². The number of hydrogen-bond acceptors (Lipinski definition) is 4. The maximum absolute atomic E-state index is 12.0. The zero-order valence-electron chi connectivity index (χ0n) is 12.0. The minimum absolute atomic E-state index is 0.106. The Morgan fingerprint density at radius 1 is 1.21 bits per heavy atom.